The molecule has 1 aliphatic carbocycles. The van der Waals surface area contributed by atoms with Crippen molar-refractivity contribution in [3.8, 4) is 0 Å². The molecule has 0 spiro atoms. The zero-order chi connectivity index (χ0) is 18.8. The van der Waals surface area contributed by atoms with E-state index in [0.717, 1.165) is 18.5 Å². The Bertz CT molecular complexity index is 865. The molecule has 1 saturated carbocycles. The highest BCUT2D eigenvalue weighted by atomic mass is 16.4. The minimum atomic E-state index is -0.992. The molecule has 1 aromatic carbocycles. The number of rotatable bonds is 6. The van der Waals surface area contributed by atoms with Crippen LogP contribution in [0.3, 0.4) is 0 Å². The highest BCUT2D eigenvalue weighted by molar-refractivity contribution is 6.40. The fraction of sp³-hybridized carbons (Fsp3) is 0.300. The highest BCUT2D eigenvalue weighted by Crippen LogP contribution is 2.31. The number of hydrogen-bond donors (Lipinski definition) is 1. The summed E-state index contributed by atoms with van der Waals surface area (Å²) < 4.78 is 0. The average Bonchev–Trinajstić information content (AvgIpc) is 3.44. The summed E-state index contributed by atoms with van der Waals surface area (Å²) in [6, 6.07) is 14.0. The SMILES string of the molecule is O=C(O)C1CC(C(=O)N(Cc2ccccn2)C2CC2)=NN1c1ccccc1. The molecule has 27 heavy (non-hydrogen) atoms. The second kappa shape index (κ2) is 7.19. The van der Waals surface area contributed by atoms with Gasteiger partial charge >= 0.3 is 5.97 Å². The molecule has 1 amide bonds. The summed E-state index contributed by atoms with van der Waals surface area (Å²) in [7, 11) is 0. The van der Waals surface area contributed by atoms with Gasteiger partial charge in [-0.3, -0.25) is 14.8 Å². The molecule has 7 heteroatoms. The number of nitrogens with zero attached hydrogens (tertiary/aromatic N) is 4. The second-order valence-corrected chi connectivity index (χ2v) is 6.77. The molecule has 2 aromatic rings. The number of aromatic nitrogens is 1. The molecule has 1 unspecified atom stereocenters. The van der Waals surface area contributed by atoms with Crippen LogP contribution in [0.4, 0.5) is 5.69 Å². The first-order valence-electron chi connectivity index (χ1n) is 8.99. The van der Waals surface area contributed by atoms with Crippen LogP contribution < -0.4 is 5.01 Å². The van der Waals surface area contributed by atoms with Crippen molar-refractivity contribution in [3.63, 3.8) is 0 Å². The zero-order valence-electron chi connectivity index (χ0n) is 14.7. The van der Waals surface area contributed by atoms with Crippen LogP contribution in [-0.2, 0) is 16.1 Å². The normalized spacial score (nSPS) is 18.9. The molecule has 1 N–H and O–H groups in total. The second-order valence-electron chi connectivity index (χ2n) is 6.77. The van der Waals surface area contributed by atoms with E-state index in [9.17, 15) is 14.7 Å². The largest absolute Gasteiger partial charge is 0.480 e. The van der Waals surface area contributed by atoms with Crippen LogP contribution in [0.2, 0.25) is 0 Å². The Hall–Kier alpha value is -3.22. The first-order chi connectivity index (χ1) is 13.1. The van der Waals surface area contributed by atoms with Crippen molar-refractivity contribution in [2.75, 3.05) is 5.01 Å². The highest BCUT2D eigenvalue weighted by Gasteiger charge is 2.41. The lowest BCUT2D eigenvalue weighted by Crippen LogP contribution is -2.38. The van der Waals surface area contributed by atoms with Gasteiger partial charge in [0.1, 0.15) is 5.71 Å². The molecule has 4 rings (SSSR count). The molecule has 2 heterocycles. The molecule has 1 fully saturated rings. The van der Waals surface area contributed by atoms with E-state index in [4.69, 9.17) is 0 Å². The number of carboxylic acids is 1. The topological polar surface area (TPSA) is 86.1 Å². The third-order valence-electron chi connectivity index (χ3n) is 4.77. The summed E-state index contributed by atoms with van der Waals surface area (Å²) in [6.45, 7) is 0.409. The Balaban J connectivity index is 1.59. The van der Waals surface area contributed by atoms with Gasteiger partial charge in [-0.05, 0) is 37.1 Å². The van der Waals surface area contributed by atoms with Gasteiger partial charge in [0.2, 0.25) is 0 Å². The predicted octanol–water partition coefficient (Wildman–Crippen LogP) is 2.29. The van der Waals surface area contributed by atoms with Gasteiger partial charge in [-0.25, -0.2) is 4.79 Å². The number of carbonyl (C=O) groups is 2. The van der Waals surface area contributed by atoms with E-state index in [2.05, 4.69) is 10.1 Å². The Labute approximate surface area is 156 Å². The number of carbonyl (C=O) groups excluding carboxylic acids is 1. The summed E-state index contributed by atoms with van der Waals surface area (Å²) in [5.74, 6) is -1.19. The first-order valence-corrected chi connectivity index (χ1v) is 8.99. The maximum atomic E-state index is 13.1. The van der Waals surface area contributed by atoms with Crippen molar-refractivity contribution in [1.82, 2.24) is 9.88 Å². The molecule has 0 bridgehead atoms. The number of amides is 1. The number of carboxylic acid groups (broad SMARTS) is 1. The van der Waals surface area contributed by atoms with E-state index < -0.39 is 12.0 Å². The van der Waals surface area contributed by atoms with E-state index in [1.165, 1.54) is 5.01 Å². The predicted molar refractivity (Wildman–Crippen MR) is 100 cm³/mol. The molecule has 1 aliphatic heterocycles. The quantitative estimate of drug-likeness (QED) is 0.850. The van der Waals surface area contributed by atoms with Gasteiger partial charge in [-0.1, -0.05) is 24.3 Å². The van der Waals surface area contributed by atoms with Crippen molar-refractivity contribution in [1.29, 1.82) is 0 Å². The molecule has 7 nitrogen and oxygen atoms in total. The minimum Gasteiger partial charge on any atom is -0.480 e. The maximum absolute atomic E-state index is 13.1. The Morgan fingerprint density at radius 3 is 2.48 bits per heavy atom. The van der Waals surface area contributed by atoms with Crippen molar-refractivity contribution < 1.29 is 14.7 Å². The van der Waals surface area contributed by atoms with Crippen LogP contribution in [0.15, 0.2) is 59.8 Å². The lowest BCUT2D eigenvalue weighted by atomic mass is 10.1. The summed E-state index contributed by atoms with van der Waals surface area (Å²) in [5, 5.41) is 15.4. The van der Waals surface area contributed by atoms with Crippen LogP contribution in [0.1, 0.15) is 25.0 Å². The number of anilines is 1. The standard InChI is InChI=1S/C20H20N4O3/c25-19(23(15-9-10-15)13-14-6-4-5-11-21-14)17-12-18(20(26)27)24(22-17)16-7-2-1-3-8-16/h1-8,11,15,18H,9-10,12-13H2,(H,26,27). The Morgan fingerprint density at radius 2 is 1.85 bits per heavy atom. The van der Waals surface area contributed by atoms with Crippen LogP contribution in [-0.4, -0.2) is 44.7 Å². The summed E-state index contributed by atoms with van der Waals surface area (Å²) >= 11 is 0. The van der Waals surface area contributed by atoms with Gasteiger partial charge in [0.25, 0.3) is 5.91 Å². The van der Waals surface area contributed by atoms with Crippen LogP contribution in [0.25, 0.3) is 0 Å². The zero-order valence-corrected chi connectivity index (χ0v) is 14.7. The molecule has 1 atom stereocenters. The van der Waals surface area contributed by atoms with Gasteiger partial charge in [-0.2, -0.15) is 5.10 Å². The molecular weight excluding hydrogens is 344 g/mol. The third-order valence-corrected chi connectivity index (χ3v) is 4.77. The van der Waals surface area contributed by atoms with Crippen LogP contribution >= 0.6 is 0 Å². The Morgan fingerprint density at radius 1 is 1.11 bits per heavy atom. The minimum absolute atomic E-state index is 0.0918. The fourth-order valence-corrected chi connectivity index (χ4v) is 3.24. The first kappa shape index (κ1) is 17.2. The molecule has 2 aliphatic rings. The Kier molecular flexibility index (Phi) is 4.58. The number of aliphatic carboxylic acids is 1. The van der Waals surface area contributed by atoms with Crippen LogP contribution in [0.5, 0.6) is 0 Å². The molecule has 0 radical (unpaired) electrons. The molecular formula is C20H20N4O3. The smallest absolute Gasteiger partial charge is 0.328 e. The number of benzene rings is 1. The number of pyridine rings is 1. The van der Waals surface area contributed by atoms with Gasteiger partial charge in [-0.15, -0.1) is 0 Å². The van der Waals surface area contributed by atoms with E-state index >= 15 is 0 Å². The molecule has 0 saturated heterocycles. The monoisotopic (exact) mass is 364 g/mol. The number of hydrazone groups is 1. The lowest BCUT2D eigenvalue weighted by molar-refractivity contribution is -0.138. The van der Waals surface area contributed by atoms with Crippen LogP contribution in [0, 0.1) is 0 Å². The fourth-order valence-electron chi connectivity index (χ4n) is 3.24. The van der Waals surface area contributed by atoms with Crippen molar-refractivity contribution in [2.24, 2.45) is 5.10 Å². The summed E-state index contributed by atoms with van der Waals surface area (Å²) in [4.78, 5) is 30.9. The van der Waals surface area contributed by atoms with E-state index in [0.29, 0.717) is 12.2 Å². The van der Waals surface area contributed by atoms with Gasteiger partial charge < -0.3 is 10.0 Å². The lowest BCUT2D eigenvalue weighted by Gasteiger charge is -2.21. The number of hydrogen-bond acceptors (Lipinski definition) is 5. The third kappa shape index (κ3) is 3.67. The van der Waals surface area contributed by atoms with Gasteiger partial charge in [0.15, 0.2) is 6.04 Å². The average molecular weight is 364 g/mol. The van der Waals surface area contributed by atoms with Gasteiger partial charge in [0.05, 0.1) is 17.9 Å². The summed E-state index contributed by atoms with van der Waals surface area (Å²) in [5.41, 5.74) is 1.76. The van der Waals surface area contributed by atoms with E-state index in [1.54, 1.807) is 23.2 Å². The maximum Gasteiger partial charge on any atom is 0.328 e. The van der Waals surface area contributed by atoms with Gasteiger partial charge in [0, 0.05) is 18.7 Å². The number of para-hydroxylation sites is 1. The summed E-state index contributed by atoms with van der Waals surface area (Å²) in [6.07, 6.45) is 3.71. The van der Waals surface area contributed by atoms with Crippen molar-refractivity contribution in [2.45, 2.75) is 37.9 Å². The van der Waals surface area contributed by atoms with E-state index in [1.807, 2.05) is 36.4 Å². The molecule has 138 valence electrons. The van der Waals surface area contributed by atoms with E-state index in [-0.39, 0.29) is 24.1 Å². The van der Waals surface area contributed by atoms with Crippen molar-refractivity contribution in [3.05, 3.63) is 60.4 Å². The van der Waals surface area contributed by atoms with Crippen molar-refractivity contribution >= 4 is 23.3 Å². The molecule has 1 aromatic heterocycles.